The molecule has 1 saturated heterocycles. The lowest BCUT2D eigenvalue weighted by Crippen LogP contribution is -2.51. The number of hydrogen-bond acceptors (Lipinski definition) is 3. The highest BCUT2D eigenvalue weighted by Crippen LogP contribution is 2.49. The van der Waals surface area contributed by atoms with Crippen molar-refractivity contribution < 1.29 is 4.74 Å². The number of rotatable bonds is 0. The van der Waals surface area contributed by atoms with E-state index in [0.717, 1.165) is 34.4 Å². The van der Waals surface area contributed by atoms with Crippen LogP contribution in [-0.2, 0) is 0 Å². The van der Waals surface area contributed by atoms with Crippen molar-refractivity contribution in [2.45, 2.75) is 38.3 Å². The average molecular weight is 342 g/mol. The Bertz CT molecular complexity index is 505. The molecule has 2 heterocycles. The van der Waals surface area contributed by atoms with Gasteiger partial charge in [0.2, 0.25) is 0 Å². The predicted octanol–water partition coefficient (Wildman–Crippen LogP) is 4.13. The van der Waals surface area contributed by atoms with Crippen LogP contribution in [0.1, 0.15) is 38.3 Å². The summed E-state index contributed by atoms with van der Waals surface area (Å²) in [5, 5.41) is 0. The first-order chi connectivity index (χ1) is 8.89. The number of benzene rings is 1. The van der Waals surface area contributed by atoms with E-state index in [1.165, 1.54) is 5.75 Å². The molecule has 104 valence electrons. The third kappa shape index (κ3) is 2.67. The Hall–Kier alpha value is -0.190. The van der Waals surface area contributed by atoms with Gasteiger partial charge in [0, 0.05) is 28.3 Å². The Balaban J connectivity index is 1.95. The molecule has 0 amide bonds. The van der Waals surface area contributed by atoms with Gasteiger partial charge in [-0.25, -0.2) is 0 Å². The second-order valence-electron chi connectivity index (χ2n) is 6.61. The molecule has 1 aromatic rings. The van der Waals surface area contributed by atoms with Gasteiger partial charge in [-0.1, -0.05) is 35.8 Å². The Morgan fingerprint density at radius 3 is 2.89 bits per heavy atom. The van der Waals surface area contributed by atoms with Gasteiger partial charge in [-0.15, -0.1) is 0 Å². The average Bonchev–Trinajstić information content (AvgIpc) is 2.25. The molecule has 0 radical (unpaired) electrons. The lowest BCUT2D eigenvalue weighted by molar-refractivity contribution is 0.0166. The van der Waals surface area contributed by atoms with Crippen LogP contribution in [0.2, 0.25) is 0 Å². The maximum absolute atomic E-state index is 6.42. The summed E-state index contributed by atoms with van der Waals surface area (Å²) >= 11 is 5.52. The van der Waals surface area contributed by atoms with Gasteiger partial charge in [-0.05, 0) is 29.7 Å². The van der Waals surface area contributed by atoms with Crippen LogP contribution in [0.25, 0.3) is 0 Å². The number of halogens is 1. The van der Waals surface area contributed by atoms with Crippen LogP contribution in [0.5, 0.6) is 5.75 Å². The third-order valence-electron chi connectivity index (χ3n) is 3.95. The fourth-order valence-corrected chi connectivity index (χ4v) is 5.12. The topological polar surface area (TPSA) is 35.2 Å². The van der Waals surface area contributed by atoms with Crippen LogP contribution in [0.4, 0.5) is 0 Å². The van der Waals surface area contributed by atoms with E-state index in [1.54, 1.807) is 0 Å². The molecule has 1 aromatic carbocycles. The van der Waals surface area contributed by atoms with Gasteiger partial charge in [0.25, 0.3) is 0 Å². The lowest BCUT2D eigenvalue weighted by Gasteiger charge is -2.48. The van der Waals surface area contributed by atoms with Crippen LogP contribution in [0.3, 0.4) is 0 Å². The van der Waals surface area contributed by atoms with Crippen molar-refractivity contribution in [3.63, 3.8) is 0 Å². The van der Waals surface area contributed by atoms with E-state index >= 15 is 0 Å². The van der Waals surface area contributed by atoms with Gasteiger partial charge in [-0.3, -0.25) is 0 Å². The summed E-state index contributed by atoms with van der Waals surface area (Å²) in [5.41, 5.74) is 7.77. The van der Waals surface area contributed by atoms with E-state index in [1.807, 2.05) is 17.8 Å². The molecule has 0 aliphatic carbocycles. The van der Waals surface area contributed by atoms with Crippen LogP contribution in [0.15, 0.2) is 22.7 Å². The lowest BCUT2D eigenvalue weighted by atomic mass is 9.76. The highest BCUT2D eigenvalue weighted by Gasteiger charge is 2.46. The highest BCUT2D eigenvalue weighted by molar-refractivity contribution is 9.10. The minimum atomic E-state index is -0.0837. The first kappa shape index (κ1) is 13.8. The van der Waals surface area contributed by atoms with E-state index in [2.05, 4.69) is 41.9 Å². The van der Waals surface area contributed by atoms with Crippen molar-refractivity contribution in [3.05, 3.63) is 28.2 Å². The van der Waals surface area contributed by atoms with Gasteiger partial charge in [-0.2, -0.15) is 11.8 Å². The monoisotopic (exact) mass is 341 g/mol. The number of ether oxygens (including phenoxy) is 1. The minimum Gasteiger partial charge on any atom is -0.486 e. The van der Waals surface area contributed by atoms with E-state index < -0.39 is 0 Å². The van der Waals surface area contributed by atoms with Crippen molar-refractivity contribution in [1.29, 1.82) is 0 Å². The van der Waals surface area contributed by atoms with Crippen LogP contribution >= 0.6 is 27.7 Å². The van der Waals surface area contributed by atoms with E-state index in [-0.39, 0.29) is 11.6 Å². The number of nitrogens with two attached hydrogens (primary N) is 1. The molecule has 2 aliphatic heterocycles. The molecule has 3 rings (SSSR count). The molecule has 2 atom stereocenters. The first-order valence-electron chi connectivity index (χ1n) is 6.71. The predicted molar refractivity (Wildman–Crippen MR) is 84.8 cm³/mol. The SMILES string of the molecule is CC1(C)CSCC2(CC(N)c3ccc(Br)cc3O2)C1. The van der Waals surface area contributed by atoms with Crippen LogP contribution in [0, 0.1) is 5.41 Å². The zero-order chi connectivity index (χ0) is 13.7. The second-order valence-corrected chi connectivity index (χ2v) is 8.51. The van der Waals surface area contributed by atoms with Gasteiger partial charge < -0.3 is 10.5 Å². The van der Waals surface area contributed by atoms with Gasteiger partial charge in [0.15, 0.2) is 0 Å². The van der Waals surface area contributed by atoms with Crippen LogP contribution in [-0.4, -0.2) is 17.1 Å². The largest absolute Gasteiger partial charge is 0.486 e. The Morgan fingerprint density at radius 1 is 1.37 bits per heavy atom. The van der Waals surface area contributed by atoms with Crippen LogP contribution < -0.4 is 10.5 Å². The maximum atomic E-state index is 6.42. The summed E-state index contributed by atoms with van der Waals surface area (Å²) in [7, 11) is 0. The number of thioether (sulfide) groups is 1. The third-order valence-corrected chi connectivity index (χ3v) is 6.16. The number of hydrogen-bond donors (Lipinski definition) is 1. The number of fused-ring (bicyclic) bond motifs is 1. The molecule has 2 unspecified atom stereocenters. The van der Waals surface area contributed by atoms with Crippen molar-refractivity contribution in [1.82, 2.24) is 0 Å². The fourth-order valence-electron chi connectivity index (χ4n) is 3.37. The molecule has 0 saturated carbocycles. The van der Waals surface area contributed by atoms with E-state index in [9.17, 15) is 0 Å². The zero-order valence-corrected chi connectivity index (χ0v) is 13.8. The molecule has 0 aromatic heterocycles. The molecule has 19 heavy (non-hydrogen) atoms. The summed E-state index contributed by atoms with van der Waals surface area (Å²) in [6, 6.07) is 6.27. The quantitative estimate of drug-likeness (QED) is 0.770. The van der Waals surface area contributed by atoms with E-state index in [0.29, 0.717) is 5.41 Å². The molecule has 4 heteroatoms. The Kier molecular flexibility index (Phi) is 3.39. The van der Waals surface area contributed by atoms with Crippen molar-refractivity contribution in [2.24, 2.45) is 11.1 Å². The fraction of sp³-hybridized carbons (Fsp3) is 0.600. The zero-order valence-electron chi connectivity index (χ0n) is 11.4. The summed E-state index contributed by atoms with van der Waals surface area (Å²) in [6.45, 7) is 4.65. The Morgan fingerprint density at radius 2 is 2.16 bits per heavy atom. The summed E-state index contributed by atoms with van der Waals surface area (Å²) in [4.78, 5) is 0. The van der Waals surface area contributed by atoms with Crippen molar-refractivity contribution in [3.8, 4) is 5.75 Å². The molecular formula is C15H20BrNOS. The molecule has 1 fully saturated rings. The van der Waals surface area contributed by atoms with E-state index in [4.69, 9.17) is 10.5 Å². The first-order valence-corrected chi connectivity index (χ1v) is 8.66. The minimum absolute atomic E-state index is 0.0837. The van der Waals surface area contributed by atoms with Gasteiger partial charge >= 0.3 is 0 Å². The maximum Gasteiger partial charge on any atom is 0.126 e. The van der Waals surface area contributed by atoms with Crippen molar-refractivity contribution in [2.75, 3.05) is 11.5 Å². The molecule has 0 bridgehead atoms. The van der Waals surface area contributed by atoms with Crippen molar-refractivity contribution >= 4 is 27.7 Å². The second kappa shape index (κ2) is 4.68. The molecule has 2 aliphatic rings. The molecule has 1 spiro atoms. The Labute approximate surface area is 127 Å². The summed E-state index contributed by atoms with van der Waals surface area (Å²) in [6.07, 6.45) is 2.02. The molecule has 2 nitrogen and oxygen atoms in total. The smallest absolute Gasteiger partial charge is 0.126 e. The summed E-state index contributed by atoms with van der Waals surface area (Å²) < 4.78 is 7.47. The van der Waals surface area contributed by atoms with Gasteiger partial charge in [0.1, 0.15) is 11.4 Å². The summed E-state index contributed by atoms with van der Waals surface area (Å²) in [5.74, 6) is 3.22. The highest BCUT2D eigenvalue weighted by atomic mass is 79.9. The van der Waals surface area contributed by atoms with Gasteiger partial charge in [0.05, 0.1) is 0 Å². The normalized spacial score (nSPS) is 32.7. The molecule has 2 N–H and O–H groups in total. The molecular weight excluding hydrogens is 322 g/mol. The standard InChI is InChI=1S/C15H20BrNOS/c1-14(2)7-15(9-19-8-14)6-12(17)11-4-3-10(16)5-13(11)18-15/h3-5,12H,6-9,17H2,1-2H3.